The molecule has 7 nitrogen and oxygen atoms in total. The fraction of sp³-hybridized carbons (Fsp3) is 0.333. The molecule has 0 spiro atoms. The fourth-order valence-electron chi connectivity index (χ4n) is 1.97. The SMILES string of the molecule is Cc1cc(NC(=O)[C@@H](NS(=O)(=O)c2ccc(Br)cc2)C(C)C)no1. The molecule has 9 heteroatoms. The van der Waals surface area contributed by atoms with E-state index >= 15 is 0 Å². The summed E-state index contributed by atoms with van der Waals surface area (Å²) in [6.45, 7) is 5.20. The number of nitrogens with zero attached hydrogens (tertiary/aromatic N) is 1. The summed E-state index contributed by atoms with van der Waals surface area (Å²) in [6, 6.07) is 6.77. The first kappa shape index (κ1) is 18.6. The molecule has 0 bridgehead atoms. The topological polar surface area (TPSA) is 101 Å². The van der Waals surface area contributed by atoms with Crippen LogP contribution in [0.25, 0.3) is 0 Å². The third-order valence-corrected chi connectivity index (χ3v) is 5.22. The molecule has 2 aromatic rings. The smallest absolute Gasteiger partial charge is 0.244 e. The monoisotopic (exact) mass is 415 g/mol. The zero-order valence-electron chi connectivity index (χ0n) is 13.4. The maximum Gasteiger partial charge on any atom is 0.244 e. The Labute approximate surface area is 149 Å². The fourth-order valence-corrected chi connectivity index (χ4v) is 3.58. The van der Waals surface area contributed by atoms with Crippen LogP contribution in [0.2, 0.25) is 0 Å². The highest BCUT2D eigenvalue weighted by atomic mass is 79.9. The number of anilines is 1. The van der Waals surface area contributed by atoms with Gasteiger partial charge < -0.3 is 9.84 Å². The summed E-state index contributed by atoms with van der Waals surface area (Å²) >= 11 is 3.25. The van der Waals surface area contributed by atoms with Gasteiger partial charge in [0.1, 0.15) is 11.8 Å². The second kappa shape index (κ2) is 7.45. The standard InChI is InChI=1S/C15H18BrN3O4S/c1-9(2)14(15(20)17-13-8-10(3)23-18-13)19-24(21,22)12-6-4-11(16)5-7-12/h4-9,14,19H,1-3H3,(H,17,18,20)/t14-/m0/s1. The Balaban J connectivity index is 2.18. The third kappa shape index (κ3) is 4.65. The van der Waals surface area contributed by atoms with Crippen LogP contribution in [-0.2, 0) is 14.8 Å². The van der Waals surface area contributed by atoms with Gasteiger partial charge in [0, 0.05) is 10.5 Å². The van der Waals surface area contributed by atoms with Crippen LogP contribution in [0.15, 0.2) is 44.2 Å². The Morgan fingerprint density at radius 1 is 1.25 bits per heavy atom. The van der Waals surface area contributed by atoms with Crippen molar-refractivity contribution in [3.8, 4) is 0 Å². The molecule has 0 radical (unpaired) electrons. The quantitative estimate of drug-likeness (QED) is 0.754. The molecule has 0 aliphatic carbocycles. The number of aromatic nitrogens is 1. The zero-order valence-corrected chi connectivity index (χ0v) is 15.8. The molecule has 2 rings (SSSR count). The molecule has 0 fully saturated rings. The first-order valence-corrected chi connectivity index (χ1v) is 9.49. The van der Waals surface area contributed by atoms with E-state index in [0.717, 1.165) is 4.47 Å². The van der Waals surface area contributed by atoms with Crippen molar-refractivity contribution in [2.75, 3.05) is 5.32 Å². The lowest BCUT2D eigenvalue weighted by Gasteiger charge is -2.21. The van der Waals surface area contributed by atoms with Crippen molar-refractivity contribution in [3.63, 3.8) is 0 Å². The minimum absolute atomic E-state index is 0.0847. The number of sulfonamides is 1. The largest absolute Gasteiger partial charge is 0.360 e. The van der Waals surface area contributed by atoms with Gasteiger partial charge in [0.15, 0.2) is 5.82 Å². The molecule has 2 N–H and O–H groups in total. The van der Waals surface area contributed by atoms with Crippen LogP contribution < -0.4 is 10.0 Å². The van der Waals surface area contributed by atoms with Gasteiger partial charge in [-0.1, -0.05) is 34.9 Å². The number of carbonyl (C=O) groups is 1. The van der Waals surface area contributed by atoms with Gasteiger partial charge in [-0.15, -0.1) is 0 Å². The number of aryl methyl sites for hydroxylation is 1. The Morgan fingerprint density at radius 3 is 2.38 bits per heavy atom. The van der Waals surface area contributed by atoms with Crippen LogP contribution in [0.4, 0.5) is 5.82 Å². The van der Waals surface area contributed by atoms with E-state index in [9.17, 15) is 13.2 Å². The van der Waals surface area contributed by atoms with Gasteiger partial charge >= 0.3 is 0 Å². The Kier molecular flexibility index (Phi) is 5.79. The summed E-state index contributed by atoms with van der Waals surface area (Å²) < 4.78 is 33.0. The summed E-state index contributed by atoms with van der Waals surface area (Å²) in [7, 11) is -3.83. The maximum atomic E-state index is 12.5. The summed E-state index contributed by atoms with van der Waals surface area (Å²) in [6.07, 6.45) is 0. The van der Waals surface area contributed by atoms with E-state index in [1.54, 1.807) is 39.0 Å². The third-order valence-electron chi connectivity index (χ3n) is 3.23. The molecule has 1 heterocycles. The molecule has 1 atom stereocenters. The van der Waals surface area contributed by atoms with Crippen molar-refractivity contribution < 1.29 is 17.7 Å². The predicted octanol–water partition coefficient (Wildman–Crippen LogP) is 2.69. The number of hydrogen-bond acceptors (Lipinski definition) is 5. The van der Waals surface area contributed by atoms with Gasteiger partial charge in [-0.3, -0.25) is 4.79 Å². The number of hydrogen-bond donors (Lipinski definition) is 2. The summed E-state index contributed by atoms with van der Waals surface area (Å²) in [4.78, 5) is 12.5. The van der Waals surface area contributed by atoms with Crippen molar-refractivity contribution in [2.24, 2.45) is 5.92 Å². The maximum absolute atomic E-state index is 12.5. The molecule has 1 aromatic heterocycles. The summed E-state index contributed by atoms with van der Waals surface area (Å²) in [5, 5.41) is 6.22. The highest BCUT2D eigenvalue weighted by Gasteiger charge is 2.29. The number of benzene rings is 1. The van der Waals surface area contributed by atoms with Crippen LogP contribution in [0, 0.1) is 12.8 Å². The van der Waals surface area contributed by atoms with Crippen molar-refractivity contribution >= 4 is 37.7 Å². The van der Waals surface area contributed by atoms with Gasteiger partial charge in [0.25, 0.3) is 0 Å². The first-order valence-electron chi connectivity index (χ1n) is 7.21. The summed E-state index contributed by atoms with van der Waals surface area (Å²) in [5.74, 6) is 0.0232. The molecule has 0 saturated carbocycles. The molecule has 0 unspecified atom stereocenters. The van der Waals surface area contributed by atoms with E-state index < -0.39 is 22.0 Å². The van der Waals surface area contributed by atoms with E-state index in [1.165, 1.54) is 12.1 Å². The van der Waals surface area contributed by atoms with E-state index in [-0.39, 0.29) is 16.6 Å². The van der Waals surface area contributed by atoms with Crippen LogP contribution in [0.5, 0.6) is 0 Å². The molecule has 130 valence electrons. The number of carbonyl (C=O) groups excluding carboxylic acids is 1. The van der Waals surface area contributed by atoms with Crippen LogP contribution in [0.3, 0.4) is 0 Å². The van der Waals surface area contributed by atoms with E-state index in [1.807, 2.05) is 0 Å². The number of amides is 1. The number of rotatable bonds is 6. The van der Waals surface area contributed by atoms with Crippen LogP contribution >= 0.6 is 15.9 Å². The Morgan fingerprint density at radius 2 is 1.88 bits per heavy atom. The van der Waals surface area contributed by atoms with Crippen molar-refractivity contribution in [1.82, 2.24) is 9.88 Å². The molecular formula is C15H18BrN3O4S. The van der Waals surface area contributed by atoms with Gasteiger partial charge in [-0.25, -0.2) is 8.42 Å². The van der Waals surface area contributed by atoms with Crippen molar-refractivity contribution in [3.05, 3.63) is 40.6 Å². The van der Waals surface area contributed by atoms with Crippen molar-refractivity contribution in [2.45, 2.75) is 31.7 Å². The lowest BCUT2D eigenvalue weighted by molar-refractivity contribution is -0.118. The van der Waals surface area contributed by atoms with Gasteiger partial charge in [-0.05, 0) is 37.1 Å². The van der Waals surface area contributed by atoms with Crippen LogP contribution in [-0.4, -0.2) is 25.5 Å². The molecule has 1 amide bonds. The number of halogens is 1. The van der Waals surface area contributed by atoms with Crippen LogP contribution in [0.1, 0.15) is 19.6 Å². The van der Waals surface area contributed by atoms with Gasteiger partial charge in [0.2, 0.25) is 15.9 Å². The van der Waals surface area contributed by atoms with E-state index in [2.05, 4.69) is 31.1 Å². The van der Waals surface area contributed by atoms with Gasteiger partial charge in [-0.2, -0.15) is 4.72 Å². The highest BCUT2D eigenvalue weighted by Crippen LogP contribution is 2.17. The lowest BCUT2D eigenvalue weighted by atomic mass is 10.1. The first-order chi connectivity index (χ1) is 11.2. The van der Waals surface area contributed by atoms with Gasteiger partial charge in [0.05, 0.1) is 4.90 Å². The molecule has 24 heavy (non-hydrogen) atoms. The second-order valence-corrected chi connectivity index (χ2v) is 8.24. The Hall–Kier alpha value is -1.71. The molecule has 0 saturated heterocycles. The molecule has 1 aromatic carbocycles. The second-order valence-electron chi connectivity index (χ2n) is 5.61. The highest BCUT2D eigenvalue weighted by molar-refractivity contribution is 9.10. The molecular weight excluding hydrogens is 398 g/mol. The van der Waals surface area contributed by atoms with Crippen molar-refractivity contribution in [1.29, 1.82) is 0 Å². The molecule has 0 aliphatic heterocycles. The predicted molar refractivity (Wildman–Crippen MR) is 93.0 cm³/mol. The van der Waals surface area contributed by atoms with E-state index in [0.29, 0.717) is 5.76 Å². The normalized spacial score (nSPS) is 13.0. The summed E-state index contributed by atoms with van der Waals surface area (Å²) in [5.41, 5.74) is 0. The number of nitrogens with one attached hydrogen (secondary N) is 2. The average Bonchev–Trinajstić information content (AvgIpc) is 2.90. The lowest BCUT2D eigenvalue weighted by Crippen LogP contribution is -2.47. The Bertz CT molecular complexity index is 815. The van der Waals surface area contributed by atoms with E-state index in [4.69, 9.17) is 4.52 Å². The minimum atomic E-state index is -3.83. The average molecular weight is 416 g/mol. The molecule has 0 aliphatic rings. The zero-order chi connectivity index (χ0) is 17.9. The minimum Gasteiger partial charge on any atom is -0.360 e.